The molecular formula is C13H21N3O2S. The minimum atomic E-state index is -0.820. The average Bonchev–Trinajstić information content (AvgIpc) is 2.70. The van der Waals surface area contributed by atoms with Gasteiger partial charge in [-0.15, -0.1) is 11.3 Å². The number of aromatic nitrogens is 1. The standard InChI is InChI=1S/C13H21N3O2S/c1-3-11-8-15(2)5-4-6-16(11)13-14-10(9-19-13)7-12(17)18/h9,11H,3-8H2,1-2H3,(H,17,18). The normalized spacial score (nSPS) is 21.4. The lowest BCUT2D eigenvalue weighted by molar-refractivity contribution is -0.136. The van der Waals surface area contributed by atoms with Crippen LogP contribution in [0.2, 0.25) is 0 Å². The van der Waals surface area contributed by atoms with Crippen molar-refractivity contribution in [2.45, 2.75) is 32.2 Å². The molecule has 1 unspecified atom stereocenters. The molecule has 2 rings (SSSR count). The van der Waals surface area contributed by atoms with Crippen LogP contribution in [0.3, 0.4) is 0 Å². The Morgan fingerprint density at radius 1 is 1.58 bits per heavy atom. The number of hydrogen-bond acceptors (Lipinski definition) is 5. The monoisotopic (exact) mass is 283 g/mol. The van der Waals surface area contributed by atoms with E-state index < -0.39 is 5.97 Å². The van der Waals surface area contributed by atoms with Crippen LogP contribution in [-0.2, 0) is 11.2 Å². The number of hydrogen-bond donors (Lipinski definition) is 1. The third-order valence-corrected chi connectivity index (χ3v) is 4.42. The number of nitrogens with zero attached hydrogens (tertiary/aromatic N) is 3. The molecule has 0 saturated carbocycles. The molecule has 0 aromatic carbocycles. The number of anilines is 1. The van der Waals surface area contributed by atoms with Gasteiger partial charge >= 0.3 is 5.97 Å². The molecule has 6 heteroatoms. The fourth-order valence-electron chi connectivity index (χ4n) is 2.51. The summed E-state index contributed by atoms with van der Waals surface area (Å²) >= 11 is 1.56. The number of carbonyl (C=O) groups is 1. The lowest BCUT2D eigenvalue weighted by Crippen LogP contribution is -2.39. The van der Waals surface area contributed by atoms with Crippen molar-refractivity contribution in [1.29, 1.82) is 0 Å². The number of carboxylic acids is 1. The van der Waals surface area contributed by atoms with Crippen molar-refractivity contribution in [3.8, 4) is 0 Å². The zero-order valence-corrected chi connectivity index (χ0v) is 12.3. The molecule has 1 fully saturated rings. The zero-order valence-electron chi connectivity index (χ0n) is 11.5. The fraction of sp³-hybridized carbons (Fsp3) is 0.692. The van der Waals surface area contributed by atoms with E-state index in [0.717, 1.165) is 37.6 Å². The summed E-state index contributed by atoms with van der Waals surface area (Å²) in [5, 5.41) is 11.6. The summed E-state index contributed by atoms with van der Waals surface area (Å²) in [5.41, 5.74) is 0.667. The van der Waals surface area contributed by atoms with Crippen molar-refractivity contribution in [2.75, 3.05) is 31.6 Å². The maximum absolute atomic E-state index is 10.7. The number of carboxylic acid groups (broad SMARTS) is 1. The van der Waals surface area contributed by atoms with Crippen molar-refractivity contribution in [1.82, 2.24) is 9.88 Å². The molecule has 0 radical (unpaired) electrons. The number of thiazole rings is 1. The van der Waals surface area contributed by atoms with Crippen LogP contribution in [0, 0.1) is 0 Å². The minimum Gasteiger partial charge on any atom is -0.481 e. The van der Waals surface area contributed by atoms with Gasteiger partial charge in [-0.05, 0) is 26.4 Å². The third kappa shape index (κ3) is 3.67. The van der Waals surface area contributed by atoms with Crippen LogP contribution in [-0.4, -0.2) is 53.7 Å². The molecule has 1 aliphatic heterocycles. The predicted octanol–water partition coefficient (Wildman–Crippen LogP) is 1.69. The van der Waals surface area contributed by atoms with E-state index in [1.54, 1.807) is 11.3 Å². The van der Waals surface area contributed by atoms with Gasteiger partial charge in [0.2, 0.25) is 0 Å². The Kier molecular flexibility index (Phi) is 4.76. The summed E-state index contributed by atoms with van der Waals surface area (Å²) in [4.78, 5) is 19.9. The van der Waals surface area contributed by atoms with Crippen LogP contribution >= 0.6 is 11.3 Å². The van der Waals surface area contributed by atoms with Gasteiger partial charge in [0, 0.05) is 24.5 Å². The lowest BCUT2D eigenvalue weighted by Gasteiger charge is -2.29. The van der Waals surface area contributed by atoms with E-state index >= 15 is 0 Å². The molecule has 2 heterocycles. The summed E-state index contributed by atoms with van der Waals surface area (Å²) < 4.78 is 0. The highest BCUT2D eigenvalue weighted by atomic mass is 32.1. The van der Waals surface area contributed by atoms with Crippen LogP contribution in [0.5, 0.6) is 0 Å². The predicted molar refractivity (Wildman–Crippen MR) is 77.0 cm³/mol. The highest BCUT2D eigenvalue weighted by molar-refractivity contribution is 7.13. The first kappa shape index (κ1) is 14.3. The summed E-state index contributed by atoms with van der Waals surface area (Å²) in [6, 6.07) is 0.469. The lowest BCUT2D eigenvalue weighted by atomic mass is 10.2. The zero-order chi connectivity index (χ0) is 13.8. The fourth-order valence-corrected chi connectivity index (χ4v) is 3.43. The van der Waals surface area contributed by atoms with E-state index in [1.807, 2.05) is 5.38 Å². The van der Waals surface area contributed by atoms with Crippen molar-refractivity contribution >= 4 is 22.4 Å². The van der Waals surface area contributed by atoms with Gasteiger partial charge in [-0.3, -0.25) is 4.79 Å². The van der Waals surface area contributed by atoms with Gasteiger partial charge < -0.3 is 14.9 Å². The smallest absolute Gasteiger partial charge is 0.309 e. The summed E-state index contributed by atoms with van der Waals surface area (Å²) in [5.74, 6) is -0.820. The summed E-state index contributed by atoms with van der Waals surface area (Å²) in [7, 11) is 2.16. The van der Waals surface area contributed by atoms with E-state index in [1.165, 1.54) is 0 Å². The van der Waals surface area contributed by atoms with E-state index in [9.17, 15) is 4.79 Å². The SMILES string of the molecule is CCC1CN(C)CCCN1c1nc(CC(=O)O)cs1. The molecule has 1 atom stereocenters. The van der Waals surface area contributed by atoms with Crippen LogP contribution < -0.4 is 4.90 Å². The van der Waals surface area contributed by atoms with E-state index in [4.69, 9.17) is 5.11 Å². The van der Waals surface area contributed by atoms with Crippen molar-refractivity contribution < 1.29 is 9.90 Å². The highest BCUT2D eigenvalue weighted by Gasteiger charge is 2.24. The van der Waals surface area contributed by atoms with Gasteiger partial charge in [-0.25, -0.2) is 4.98 Å². The first-order valence-corrected chi connectivity index (χ1v) is 7.59. The first-order valence-electron chi connectivity index (χ1n) is 6.71. The van der Waals surface area contributed by atoms with Gasteiger partial charge in [-0.1, -0.05) is 6.92 Å². The molecule has 0 spiro atoms. The molecule has 1 N–H and O–H groups in total. The number of likely N-dealkylation sites (N-methyl/N-ethyl adjacent to an activating group) is 1. The van der Waals surface area contributed by atoms with E-state index in [2.05, 4.69) is 28.8 Å². The molecule has 0 amide bonds. The third-order valence-electron chi connectivity index (χ3n) is 3.49. The van der Waals surface area contributed by atoms with Crippen LogP contribution in [0.4, 0.5) is 5.13 Å². The molecule has 1 aromatic rings. The Balaban J connectivity index is 2.13. The molecule has 5 nitrogen and oxygen atoms in total. The average molecular weight is 283 g/mol. The largest absolute Gasteiger partial charge is 0.481 e. The van der Waals surface area contributed by atoms with Crippen molar-refractivity contribution in [3.05, 3.63) is 11.1 Å². The first-order chi connectivity index (χ1) is 9.10. The second kappa shape index (κ2) is 6.34. The quantitative estimate of drug-likeness (QED) is 0.911. The van der Waals surface area contributed by atoms with E-state index in [0.29, 0.717) is 11.7 Å². The summed E-state index contributed by atoms with van der Waals surface area (Å²) in [6.07, 6.45) is 2.22. The Morgan fingerprint density at radius 2 is 2.37 bits per heavy atom. The van der Waals surface area contributed by atoms with Gasteiger partial charge in [0.25, 0.3) is 0 Å². The Morgan fingerprint density at radius 3 is 3.05 bits per heavy atom. The number of aliphatic carboxylic acids is 1. The topological polar surface area (TPSA) is 56.7 Å². The van der Waals surface area contributed by atoms with Gasteiger partial charge in [-0.2, -0.15) is 0 Å². The molecule has 1 aliphatic rings. The van der Waals surface area contributed by atoms with Crippen molar-refractivity contribution in [2.24, 2.45) is 0 Å². The molecule has 106 valence electrons. The number of rotatable bonds is 4. The molecule has 0 aliphatic carbocycles. The van der Waals surface area contributed by atoms with Gasteiger partial charge in [0.05, 0.1) is 12.1 Å². The van der Waals surface area contributed by atoms with E-state index in [-0.39, 0.29) is 6.42 Å². The molecular weight excluding hydrogens is 262 g/mol. The molecule has 1 aromatic heterocycles. The summed E-state index contributed by atoms with van der Waals surface area (Å²) in [6.45, 7) is 5.36. The molecule has 19 heavy (non-hydrogen) atoms. The maximum Gasteiger partial charge on any atom is 0.309 e. The highest BCUT2D eigenvalue weighted by Crippen LogP contribution is 2.26. The van der Waals surface area contributed by atoms with Gasteiger partial charge in [0.1, 0.15) is 0 Å². The van der Waals surface area contributed by atoms with Crippen LogP contribution in [0.15, 0.2) is 5.38 Å². The van der Waals surface area contributed by atoms with Crippen LogP contribution in [0.1, 0.15) is 25.5 Å². The van der Waals surface area contributed by atoms with Crippen molar-refractivity contribution in [3.63, 3.8) is 0 Å². The Labute approximate surface area is 117 Å². The van der Waals surface area contributed by atoms with Crippen LogP contribution in [0.25, 0.3) is 0 Å². The second-order valence-electron chi connectivity index (χ2n) is 5.06. The molecule has 1 saturated heterocycles. The Hall–Kier alpha value is -1.14. The Bertz CT molecular complexity index is 435. The van der Waals surface area contributed by atoms with Gasteiger partial charge in [0.15, 0.2) is 5.13 Å². The second-order valence-corrected chi connectivity index (χ2v) is 5.90. The minimum absolute atomic E-state index is 0.0149. The maximum atomic E-state index is 10.7. The molecule has 0 bridgehead atoms.